The first-order valence-corrected chi connectivity index (χ1v) is 4.97. The number of amides is 1. The van der Waals surface area contributed by atoms with Crippen LogP contribution in [-0.2, 0) is 0 Å². The third-order valence-corrected chi connectivity index (χ3v) is 2.14. The number of hydrazine groups is 1. The van der Waals surface area contributed by atoms with Crippen molar-refractivity contribution in [1.82, 2.24) is 10.1 Å². The van der Waals surface area contributed by atoms with Gasteiger partial charge < -0.3 is 15.3 Å². The zero-order valence-electron chi connectivity index (χ0n) is 9.40. The maximum atomic E-state index is 13.7. The van der Waals surface area contributed by atoms with E-state index in [-0.39, 0.29) is 17.2 Å². The predicted molar refractivity (Wildman–Crippen MR) is 61.2 cm³/mol. The van der Waals surface area contributed by atoms with Crippen molar-refractivity contribution in [1.29, 1.82) is 0 Å². The standard InChI is InChI=1S/C10H10FN5O2/c1-5-4-7(16-18-5)14-10(17)6-2-3-13-9(15-12)8(6)11/h2-4H,12H2,1H3,(H,13,15)(H,14,16,17). The Hall–Kier alpha value is -2.48. The van der Waals surface area contributed by atoms with Gasteiger partial charge in [0, 0.05) is 12.3 Å². The Kier molecular flexibility index (Phi) is 3.20. The number of carbonyl (C=O) groups is 1. The number of hydrogen-bond acceptors (Lipinski definition) is 6. The molecule has 1 amide bonds. The number of halogens is 1. The lowest BCUT2D eigenvalue weighted by molar-refractivity contribution is 0.102. The molecular weight excluding hydrogens is 241 g/mol. The summed E-state index contributed by atoms with van der Waals surface area (Å²) in [6.07, 6.45) is 1.27. The summed E-state index contributed by atoms with van der Waals surface area (Å²) in [7, 11) is 0. The summed E-state index contributed by atoms with van der Waals surface area (Å²) in [5.41, 5.74) is 1.86. The van der Waals surface area contributed by atoms with Crippen molar-refractivity contribution in [3.05, 3.63) is 35.5 Å². The van der Waals surface area contributed by atoms with E-state index in [1.807, 2.05) is 0 Å². The molecule has 18 heavy (non-hydrogen) atoms. The lowest BCUT2D eigenvalue weighted by atomic mass is 10.2. The van der Waals surface area contributed by atoms with Gasteiger partial charge in [-0.15, -0.1) is 0 Å². The fourth-order valence-corrected chi connectivity index (χ4v) is 1.33. The van der Waals surface area contributed by atoms with Gasteiger partial charge in [-0.05, 0) is 13.0 Å². The van der Waals surface area contributed by atoms with Gasteiger partial charge in [0.1, 0.15) is 5.76 Å². The van der Waals surface area contributed by atoms with Gasteiger partial charge in [-0.1, -0.05) is 5.16 Å². The van der Waals surface area contributed by atoms with Crippen molar-refractivity contribution in [3.63, 3.8) is 0 Å². The van der Waals surface area contributed by atoms with Crippen LogP contribution < -0.4 is 16.6 Å². The molecule has 8 heteroatoms. The van der Waals surface area contributed by atoms with Gasteiger partial charge in [-0.3, -0.25) is 4.79 Å². The minimum Gasteiger partial charge on any atom is -0.360 e. The third kappa shape index (κ3) is 2.28. The minimum absolute atomic E-state index is 0.196. The number of hydrogen-bond donors (Lipinski definition) is 3. The Labute approximate surface area is 101 Å². The summed E-state index contributed by atoms with van der Waals surface area (Å²) in [6, 6.07) is 2.75. The highest BCUT2D eigenvalue weighted by molar-refractivity contribution is 6.04. The van der Waals surface area contributed by atoms with E-state index < -0.39 is 11.7 Å². The van der Waals surface area contributed by atoms with Crippen LogP contribution in [0.1, 0.15) is 16.1 Å². The Bertz CT molecular complexity index is 583. The number of nitrogens with zero attached hydrogens (tertiary/aromatic N) is 2. The van der Waals surface area contributed by atoms with Crippen molar-refractivity contribution < 1.29 is 13.7 Å². The number of nitrogens with one attached hydrogen (secondary N) is 2. The number of nitrogen functional groups attached to an aromatic ring is 1. The maximum Gasteiger partial charge on any atom is 0.260 e. The van der Waals surface area contributed by atoms with Crippen LogP contribution in [0.25, 0.3) is 0 Å². The summed E-state index contributed by atoms with van der Waals surface area (Å²) < 4.78 is 18.5. The molecule has 0 spiro atoms. The normalized spacial score (nSPS) is 10.2. The van der Waals surface area contributed by atoms with E-state index in [9.17, 15) is 9.18 Å². The van der Waals surface area contributed by atoms with E-state index in [0.29, 0.717) is 5.76 Å². The summed E-state index contributed by atoms with van der Waals surface area (Å²) >= 11 is 0. The van der Waals surface area contributed by atoms with E-state index in [4.69, 9.17) is 10.4 Å². The first-order chi connectivity index (χ1) is 8.61. The molecule has 2 aromatic heterocycles. The van der Waals surface area contributed by atoms with Crippen molar-refractivity contribution in [2.45, 2.75) is 6.92 Å². The van der Waals surface area contributed by atoms with Crippen molar-refractivity contribution >= 4 is 17.5 Å². The molecule has 7 nitrogen and oxygen atoms in total. The molecule has 0 aliphatic rings. The average Bonchev–Trinajstić information content (AvgIpc) is 2.75. The van der Waals surface area contributed by atoms with Gasteiger partial charge in [-0.25, -0.2) is 15.2 Å². The third-order valence-electron chi connectivity index (χ3n) is 2.14. The van der Waals surface area contributed by atoms with Crippen LogP contribution in [0.15, 0.2) is 22.9 Å². The Morgan fingerprint density at radius 3 is 2.94 bits per heavy atom. The van der Waals surface area contributed by atoms with E-state index in [0.717, 1.165) is 0 Å². The smallest absolute Gasteiger partial charge is 0.260 e. The fraction of sp³-hybridized carbons (Fsp3) is 0.100. The summed E-state index contributed by atoms with van der Waals surface area (Å²) in [5, 5.41) is 5.96. The molecule has 2 rings (SSSR count). The molecule has 2 heterocycles. The van der Waals surface area contributed by atoms with Crippen LogP contribution in [0.5, 0.6) is 0 Å². The Morgan fingerprint density at radius 1 is 1.56 bits per heavy atom. The highest BCUT2D eigenvalue weighted by Gasteiger charge is 2.16. The van der Waals surface area contributed by atoms with Crippen molar-refractivity contribution in [2.24, 2.45) is 5.84 Å². The molecule has 0 aliphatic carbocycles. The monoisotopic (exact) mass is 251 g/mol. The topological polar surface area (TPSA) is 106 Å². The second kappa shape index (κ2) is 4.80. The number of pyridine rings is 1. The van der Waals surface area contributed by atoms with Gasteiger partial charge in [0.2, 0.25) is 0 Å². The minimum atomic E-state index is -0.835. The van der Waals surface area contributed by atoms with Crippen LogP contribution in [0.2, 0.25) is 0 Å². The first kappa shape index (κ1) is 12.0. The first-order valence-electron chi connectivity index (χ1n) is 4.97. The highest BCUT2D eigenvalue weighted by atomic mass is 19.1. The van der Waals surface area contributed by atoms with Crippen LogP contribution in [0.4, 0.5) is 16.0 Å². The van der Waals surface area contributed by atoms with Crippen LogP contribution in [-0.4, -0.2) is 16.0 Å². The van der Waals surface area contributed by atoms with E-state index in [1.165, 1.54) is 18.3 Å². The summed E-state index contributed by atoms with van der Waals surface area (Å²) in [5.74, 6) is 4.09. The zero-order chi connectivity index (χ0) is 13.1. The number of anilines is 2. The number of carbonyl (C=O) groups excluding carboxylic acids is 1. The number of nitrogens with two attached hydrogens (primary N) is 1. The number of aromatic nitrogens is 2. The van der Waals surface area contributed by atoms with E-state index in [2.05, 4.69) is 20.9 Å². The predicted octanol–water partition coefficient (Wildman–Crippen LogP) is 1.06. The van der Waals surface area contributed by atoms with Crippen molar-refractivity contribution in [2.75, 3.05) is 10.7 Å². The van der Waals surface area contributed by atoms with Crippen LogP contribution in [0, 0.1) is 12.7 Å². The quantitative estimate of drug-likeness (QED) is 0.556. The van der Waals surface area contributed by atoms with Gasteiger partial charge in [0.05, 0.1) is 5.56 Å². The summed E-state index contributed by atoms with van der Waals surface area (Å²) in [4.78, 5) is 15.4. The average molecular weight is 251 g/mol. The molecule has 0 aromatic carbocycles. The fourth-order valence-electron chi connectivity index (χ4n) is 1.33. The summed E-state index contributed by atoms with van der Waals surface area (Å²) in [6.45, 7) is 1.67. The molecule has 0 bridgehead atoms. The van der Waals surface area contributed by atoms with E-state index >= 15 is 0 Å². The molecule has 0 saturated heterocycles. The lowest BCUT2D eigenvalue weighted by Crippen LogP contribution is -2.17. The molecule has 0 fully saturated rings. The molecule has 4 N–H and O–H groups in total. The molecule has 2 aromatic rings. The van der Waals surface area contributed by atoms with Gasteiger partial charge in [0.15, 0.2) is 17.5 Å². The molecule has 0 atom stereocenters. The second-order valence-electron chi connectivity index (χ2n) is 3.44. The maximum absolute atomic E-state index is 13.7. The highest BCUT2D eigenvalue weighted by Crippen LogP contribution is 2.16. The van der Waals surface area contributed by atoms with Gasteiger partial charge >= 0.3 is 0 Å². The van der Waals surface area contributed by atoms with Gasteiger partial charge in [0.25, 0.3) is 5.91 Å². The number of rotatable bonds is 3. The van der Waals surface area contributed by atoms with Crippen LogP contribution in [0.3, 0.4) is 0 Å². The molecule has 94 valence electrons. The Balaban J connectivity index is 2.24. The van der Waals surface area contributed by atoms with Crippen molar-refractivity contribution in [3.8, 4) is 0 Å². The zero-order valence-corrected chi connectivity index (χ0v) is 9.40. The number of aryl methyl sites for hydroxylation is 1. The molecule has 0 saturated carbocycles. The second-order valence-corrected chi connectivity index (χ2v) is 3.44. The van der Waals surface area contributed by atoms with Gasteiger partial charge in [-0.2, -0.15) is 0 Å². The molecule has 0 aliphatic heterocycles. The van der Waals surface area contributed by atoms with E-state index in [1.54, 1.807) is 6.92 Å². The Morgan fingerprint density at radius 2 is 2.33 bits per heavy atom. The largest absolute Gasteiger partial charge is 0.360 e. The molecule has 0 radical (unpaired) electrons. The molecular formula is C10H10FN5O2. The lowest BCUT2D eigenvalue weighted by Gasteiger charge is -2.05. The SMILES string of the molecule is Cc1cc(NC(=O)c2ccnc(NN)c2F)no1. The van der Waals surface area contributed by atoms with Crippen LogP contribution >= 0.6 is 0 Å². The molecule has 0 unspecified atom stereocenters.